The minimum atomic E-state index is -3.23. The summed E-state index contributed by atoms with van der Waals surface area (Å²) in [6.45, 7) is 3.90. The number of hydrogen-bond acceptors (Lipinski definition) is 4. The first-order valence-electron chi connectivity index (χ1n) is 4.35. The summed E-state index contributed by atoms with van der Waals surface area (Å²) in [6.07, 6.45) is 1.13. The van der Waals surface area contributed by atoms with Gasteiger partial charge in [-0.3, -0.25) is 4.79 Å². The smallest absolute Gasteiger partial charge is 0.309 e. The first kappa shape index (κ1) is 13.4. The van der Waals surface area contributed by atoms with Crippen LogP contribution >= 0.6 is 0 Å². The lowest BCUT2D eigenvalue weighted by Crippen LogP contribution is -2.36. The molecule has 0 aromatic heterocycles. The van der Waals surface area contributed by atoms with E-state index in [9.17, 15) is 13.2 Å². The summed E-state index contributed by atoms with van der Waals surface area (Å²) in [7, 11) is -1.94. The van der Waals surface area contributed by atoms with E-state index in [2.05, 4.69) is 4.74 Å². The second-order valence-electron chi connectivity index (χ2n) is 3.14. The van der Waals surface area contributed by atoms with Crippen molar-refractivity contribution in [2.24, 2.45) is 5.92 Å². The summed E-state index contributed by atoms with van der Waals surface area (Å²) in [5.74, 6) is -0.832. The van der Waals surface area contributed by atoms with Gasteiger partial charge in [0.05, 0.1) is 19.3 Å². The molecule has 0 heterocycles. The number of esters is 1. The Bertz CT molecular complexity index is 286. The minimum Gasteiger partial charge on any atom is -0.469 e. The van der Waals surface area contributed by atoms with Gasteiger partial charge in [0, 0.05) is 13.1 Å². The zero-order valence-corrected chi connectivity index (χ0v) is 9.80. The quantitative estimate of drug-likeness (QED) is 0.619. The van der Waals surface area contributed by atoms with Gasteiger partial charge >= 0.3 is 5.97 Å². The molecule has 0 spiro atoms. The Kier molecular flexibility index (Phi) is 5.07. The van der Waals surface area contributed by atoms with Crippen molar-refractivity contribution in [2.45, 2.75) is 13.8 Å². The van der Waals surface area contributed by atoms with Crippen molar-refractivity contribution in [3.05, 3.63) is 0 Å². The normalized spacial score (nSPS) is 14.1. The van der Waals surface area contributed by atoms with Gasteiger partial charge in [0.2, 0.25) is 10.0 Å². The molecule has 84 valence electrons. The van der Waals surface area contributed by atoms with Gasteiger partial charge in [-0.1, -0.05) is 13.8 Å². The molecule has 0 saturated heterocycles. The van der Waals surface area contributed by atoms with Crippen molar-refractivity contribution < 1.29 is 17.9 Å². The van der Waals surface area contributed by atoms with Gasteiger partial charge < -0.3 is 4.74 Å². The molecule has 0 rings (SSSR count). The van der Waals surface area contributed by atoms with E-state index < -0.39 is 21.9 Å². The van der Waals surface area contributed by atoms with E-state index in [1.807, 2.05) is 0 Å². The van der Waals surface area contributed by atoms with Crippen LogP contribution in [0.2, 0.25) is 0 Å². The van der Waals surface area contributed by atoms with Crippen LogP contribution in [-0.2, 0) is 19.6 Å². The highest BCUT2D eigenvalue weighted by Gasteiger charge is 2.21. The molecule has 0 fully saturated rings. The fourth-order valence-corrected chi connectivity index (χ4v) is 2.04. The van der Waals surface area contributed by atoms with E-state index in [1.165, 1.54) is 11.4 Å². The molecule has 0 aliphatic heterocycles. The predicted octanol–water partition coefficient (Wildman–Crippen LogP) is 0.0770. The molecular formula is C8H17NO4S. The number of carbonyl (C=O) groups is 1. The first-order chi connectivity index (χ1) is 6.32. The SMILES string of the molecule is CCN(CC(C)C(=O)OC)S(C)(=O)=O. The van der Waals surface area contributed by atoms with Crippen LogP contribution in [0.15, 0.2) is 0 Å². The molecule has 0 aliphatic carbocycles. The van der Waals surface area contributed by atoms with E-state index in [1.54, 1.807) is 13.8 Å². The predicted molar refractivity (Wildman–Crippen MR) is 53.3 cm³/mol. The van der Waals surface area contributed by atoms with Crippen molar-refractivity contribution in [2.75, 3.05) is 26.5 Å². The van der Waals surface area contributed by atoms with E-state index in [0.717, 1.165) is 6.26 Å². The Morgan fingerprint density at radius 2 is 2.00 bits per heavy atom. The van der Waals surface area contributed by atoms with Gasteiger partial charge in [-0.2, -0.15) is 0 Å². The highest BCUT2D eigenvalue weighted by atomic mass is 32.2. The zero-order chi connectivity index (χ0) is 11.4. The summed E-state index contributed by atoms with van der Waals surface area (Å²) < 4.78 is 28.1. The third-order valence-corrected chi connectivity index (χ3v) is 3.25. The van der Waals surface area contributed by atoms with Crippen LogP contribution in [0.3, 0.4) is 0 Å². The lowest BCUT2D eigenvalue weighted by atomic mass is 10.2. The average Bonchev–Trinajstić information content (AvgIpc) is 2.10. The van der Waals surface area contributed by atoms with E-state index in [-0.39, 0.29) is 6.54 Å². The van der Waals surface area contributed by atoms with Crippen LogP contribution in [0.5, 0.6) is 0 Å². The summed E-state index contributed by atoms with van der Waals surface area (Å²) in [6, 6.07) is 0. The second kappa shape index (κ2) is 5.31. The first-order valence-corrected chi connectivity index (χ1v) is 6.20. The fraction of sp³-hybridized carbons (Fsp3) is 0.875. The van der Waals surface area contributed by atoms with E-state index >= 15 is 0 Å². The standard InChI is InChI=1S/C8H17NO4S/c1-5-9(14(4,11)12)6-7(2)8(10)13-3/h7H,5-6H2,1-4H3. The summed E-state index contributed by atoms with van der Waals surface area (Å²) in [5, 5.41) is 0. The van der Waals surface area contributed by atoms with Gasteiger partial charge in [0.15, 0.2) is 0 Å². The molecule has 0 saturated carbocycles. The maximum absolute atomic E-state index is 11.2. The van der Waals surface area contributed by atoms with Gasteiger partial charge in [0.1, 0.15) is 0 Å². The van der Waals surface area contributed by atoms with Gasteiger partial charge in [-0.25, -0.2) is 12.7 Å². The maximum atomic E-state index is 11.2. The number of carbonyl (C=O) groups excluding carboxylic acids is 1. The van der Waals surface area contributed by atoms with E-state index in [4.69, 9.17) is 0 Å². The molecule has 1 unspecified atom stereocenters. The Hall–Kier alpha value is -0.620. The molecule has 14 heavy (non-hydrogen) atoms. The highest BCUT2D eigenvalue weighted by Crippen LogP contribution is 2.05. The molecule has 0 aromatic carbocycles. The van der Waals surface area contributed by atoms with Crippen molar-refractivity contribution in [3.63, 3.8) is 0 Å². The molecule has 0 amide bonds. The summed E-state index contributed by atoms with van der Waals surface area (Å²) in [4.78, 5) is 11.0. The fourth-order valence-electron chi connectivity index (χ4n) is 1.08. The van der Waals surface area contributed by atoms with Crippen LogP contribution in [0.25, 0.3) is 0 Å². The summed E-state index contributed by atoms with van der Waals surface area (Å²) >= 11 is 0. The third-order valence-electron chi connectivity index (χ3n) is 1.90. The van der Waals surface area contributed by atoms with Crippen molar-refractivity contribution in [3.8, 4) is 0 Å². The van der Waals surface area contributed by atoms with Crippen LogP contribution in [-0.4, -0.2) is 45.1 Å². The molecule has 0 aromatic rings. The molecular weight excluding hydrogens is 206 g/mol. The Balaban J connectivity index is 4.41. The Morgan fingerprint density at radius 1 is 1.50 bits per heavy atom. The van der Waals surface area contributed by atoms with Gasteiger partial charge in [-0.05, 0) is 0 Å². The second-order valence-corrected chi connectivity index (χ2v) is 5.12. The monoisotopic (exact) mass is 223 g/mol. The molecule has 0 aliphatic rings. The lowest BCUT2D eigenvalue weighted by molar-refractivity contribution is -0.145. The molecule has 1 atom stereocenters. The summed E-state index contributed by atoms with van der Waals surface area (Å²) in [5.41, 5.74) is 0. The number of hydrogen-bond donors (Lipinski definition) is 0. The largest absolute Gasteiger partial charge is 0.469 e. The zero-order valence-electron chi connectivity index (χ0n) is 8.98. The highest BCUT2D eigenvalue weighted by molar-refractivity contribution is 7.88. The Morgan fingerprint density at radius 3 is 2.29 bits per heavy atom. The van der Waals surface area contributed by atoms with Crippen molar-refractivity contribution in [1.82, 2.24) is 4.31 Å². The van der Waals surface area contributed by atoms with Crippen LogP contribution in [0.4, 0.5) is 0 Å². The molecule has 0 N–H and O–H groups in total. The topological polar surface area (TPSA) is 63.7 Å². The molecule has 5 nitrogen and oxygen atoms in total. The number of nitrogens with zero attached hydrogens (tertiary/aromatic N) is 1. The number of methoxy groups -OCH3 is 1. The van der Waals surface area contributed by atoms with Crippen LogP contribution < -0.4 is 0 Å². The number of rotatable bonds is 5. The van der Waals surface area contributed by atoms with Crippen molar-refractivity contribution >= 4 is 16.0 Å². The van der Waals surface area contributed by atoms with Crippen LogP contribution in [0.1, 0.15) is 13.8 Å². The van der Waals surface area contributed by atoms with Gasteiger partial charge in [0.25, 0.3) is 0 Å². The molecule has 6 heteroatoms. The molecule has 0 radical (unpaired) electrons. The number of ether oxygens (including phenoxy) is 1. The Labute approximate surface area is 85.1 Å². The lowest BCUT2D eigenvalue weighted by Gasteiger charge is -2.20. The minimum absolute atomic E-state index is 0.169. The maximum Gasteiger partial charge on any atom is 0.309 e. The average molecular weight is 223 g/mol. The third kappa shape index (κ3) is 4.06. The van der Waals surface area contributed by atoms with Crippen LogP contribution in [0, 0.1) is 5.92 Å². The van der Waals surface area contributed by atoms with Gasteiger partial charge in [-0.15, -0.1) is 0 Å². The van der Waals surface area contributed by atoms with Crippen molar-refractivity contribution in [1.29, 1.82) is 0 Å². The molecule has 0 bridgehead atoms. The number of sulfonamides is 1. The van der Waals surface area contributed by atoms with E-state index in [0.29, 0.717) is 6.54 Å².